The third kappa shape index (κ3) is 6.50. The standard InChI is InChI=1S/C26H33N5O5/c32-22(15-28-25(35)21-13-16-7-4-5-11-19(16)30-21)31-20(14-17-8-6-12-27-24(17)34)23(33)26(36)29-18-9-2-1-3-10-18/h4-5,7,11,13,17-18,20,30H,1-3,6,8-10,12,14-15H2,(H,27,34)(H,28,35)(H,29,36)(H,31,32)/t17-,20-/m0/s1. The molecule has 0 unspecified atom stereocenters. The number of rotatable bonds is 9. The number of H-pyrrole nitrogens is 1. The van der Waals surface area contributed by atoms with Gasteiger partial charge in [0, 0.05) is 29.4 Å². The molecule has 4 amide bonds. The van der Waals surface area contributed by atoms with Crippen molar-refractivity contribution < 1.29 is 24.0 Å². The normalized spacial score (nSPS) is 19.2. The predicted octanol–water partition coefficient (Wildman–Crippen LogP) is 1.32. The molecule has 0 bridgehead atoms. The highest BCUT2D eigenvalue weighted by Crippen LogP contribution is 2.20. The lowest BCUT2D eigenvalue weighted by atomic mass is 9.89. The third-order valence-corrected chi connectivity index (χ3v) is 6.92. The number of amides is 4. The molecule has 1 aromatic heterocycles. The van der Waals surface area contributed by atoms with Crippen LogP contribution in [0.4, 0.5) is 0 Å². The zero-order valence-corrected chi connectivity index (χ0v) is 20.2. The number of ketones is 1. The van der Waals surface area contributed by atoms with Crippen LogP contribution in [0.15, 0.2) is 30.3 Å². The summed E-state index contributed by atoms with van der Waals surface area (Å²) in [5, 5.41) is 11.5. The van der Waals surface area contributed by atoms with E-state index in [0.29, 0.717) is 18.7 Å². The topological polar surface area (TPSA) is 149 Å². The first-order valence-electron chi connectivity index (χ1n) is 12.7. The first-order valence-corrected chi connectivity index (χ1v) is 12.7. The van der Waals surface area contributed by atoms with Gasteiger partial charge in [0.1, 0.15) is 5.69 Å². The monoisotopic (exact) mass is 495 g/mol. The number of para-hydroxylation sites is 1. The maximum Gasteiger partial charge on any atom is 0.289 e. The van der Waals surface area contributed by atoms with Gasteiger partial charge in [-0.25, -0.2) is 0 Å². The van der Waals surface area contributed by atoms with E-state index < -0.39 is 35.5 Å². The van der Waals surface area contributed by atoms with Gasteiger partial charge in [0.05, 0.1) is 12.6 Å². The molecule has 1 saturated carbocycles. The zero-order chi connectivity index (χ0) is 25.5. The molecule has 1 aromatic carbocycles. The molecule has 2 aromatic rings. The van der Waals surface area contributed by atoms with E-state index in [4.69, 9.17) is 0 Å². The molecule has 1 saturated heterocycles. The van der Waals surface area contributed by atoms with Crippen molar-refractivity contribution in [2.24, 2.45) is 5.92 Å². The van der Waals surface area contributed by atoms with Crippen molar-refractivity contribution in [2.75, 3.05) is 13.1 Å². The molecule has 0 spiro atoms. The second-order valence-corrected chi connectivity index (χ2v) is 9.61. The summed E-state index contributed by atoms with van der Waals surface area (Å²) in [4.78, 5) is 66.2. The van der Waals surface area contributed by atoms with E-state index >= 15 is 0 Å². The second-order valence-electron chi connectivity index (χ2n) is 9.61. The zero-order valence-electron chi connectivity index (χ0n) is 20.2. The van der Waals surface area contributed by atoms with E-state index in [9.17, 15) is 24.0 Å². The summed E-state index contributed by atoms with van der Waals surface area (Å²) < 4.78 is 0. The Labute approximate surface area is 209 Å². The van der Waals surface area contributed by atoms with Gasteiger partial charge in [0.15, 0.2) is 0 Å². The van der Waals surface area contributed by atoms with Crippen LogP contribution in [0.2, 0.25) is 0 Å². The summed E-state index contributed by atoms with van der Waals surface area (Å²) in [7, 11) is 0. The Morgan fingerprint density at radius 2 is 1.78 bits per heavy atom. The average Bonchev–Trinajstić information content (AvgIpc) is 3.33. The van der Waals surface area contributed by atoms with Crippen molar-refractivity contribution in [2.45, 2.75) is 63.5 Å². The highest BCUT2D eigenvalue weighted by Gasteiger charge is 2.34. The molecular weight excluding hydrogens is 462 g/mol. The summed E-state index contributed by atoms with van der Waals surface area (Å²) in [6.07, 6.45) is 6.12. The van der Waals surface area contributed by atoms with Crippen LogP contribution in [-0.2, 0) is 19.2 Å². The van der Waals surface area contributed by atoms with Crippen molar-refractivity contribution >= 4 is 40.3 Å². The Morgan fingerprint density at radius 1 is 1.00 bits per heavy atom. The van der Waals surface area contributed by atoms with Crippen LogP contribution in [0, 0.1) is 5.92 Å². The molecule has 2 aliphatic rings. The molecule has 1 aliphatic carbocycles. The number of nitrogens with one attached hydrogen (secondary N) is 5. The van der Waals surface area contributed by atoms with Gasteiger partial charge in [-0.3, -0.25) is 24.0 Å². The highest BCUT2D eigenvalue weighted by molar-refractivity contribution is 6.38. The van der Waals surface area contributed by atoms with Crippen molar-refractivity contribution in [1.82, 2.24) is 26.3 Å². The minimum Gasteiger partial charge on any atom is -0.356 e. The number of hydrogen-bond donors (Lipinski definition) is 5. The van der Waals surface area contributed by atoms with Crippen molar-refractivity contribution in [3.05, 3.63) is 36.0 Å². The predicted molar refractivity (Wildman–Crippen MR) is 133 cm³/mol. The van der Waals surface area contributed by atoms with Crippen molar-refractivity contribution in [1.29, 1.82) is 0 Å². The maximum atomic E-state index is 13.0. The fraction of sp³-hybridized carbons (Fsp3) is 0.500. The first kappa shape index (κ1) is 25.4. The largest absolute Gasteiger partial charge is 0.356 e. The Bertz CT molecular complexity index is 1100. The van der Waals surface area contributed by atoms with Crippen LogP contribution >= 0.6 is 0 Å². The Hall–Kier alpha value is -3.69. The highest BCUT2D eigenvalue weighted by atomic mass is 16.2. The van der Waals surface area contributed by atoms with Gasteiger partial charge in [0.25, 0.3) is 11.8 Å². The number of Topliss-reactive ketones (excluding diaryl/α,β-unsaturated/α-hetero) is 1. The van der Waals surface area contributed by atoms with E-state index in [1.54, 1.807) is 6.07 Å². The molecule has 36 heavy (non-hydrogen) atoms. The van der Waals surface area contributed by atoms with E-state index in [-0.39, 0.29) is 24.9 Å². The van der Waals surface area contributed by atoms with E-state index in [1.807, 2.05) is 24.3 Å². The smallest absolute Gasteiger partial charge is 0.289 e. The van der Waals surface area contributed by atoms with Gasteiger partial charge in [-0.15, -0.1) is 0 Å². The molecule has 2 atom stereocenters. The Kier molecular flexibility index (Phi) is 8.35. The van der Waals surface area contributed by atoms with Crippen LogP contribution in [0.1, 0.15) is 61.9 Å². The summed E-state index contributed by atoms with van der Waals surface area (Å²) in [5.41, 5.74) is 1.11. The van der Waals surface area contributed by atoms with Gasteiger partial charge >= 0.3 is 0 Å². The number of piperidine rings is 1. The lowest BCUT2D eigenvalue weighted by Crippen LogP contribution is -2.53. The third-order valence-electron chi connectivity index (χ3n) is 6.92. The number of fused-ring (bicyclic) bond motifs is 1. The number of hydrogen-bond acceptors (Lipinski definition) is 5. The van der Waals surface area contributed by atoms with E-state index in [1.165, 1.54) is 0 Å². The van der Waals surface area contributed by atoms with Crippen LogP contribution in [0.25, 0.3) is 10.9 Å². The quantitative estimate of drug-likeness (QED) is 0.333. The summed E-state index contributed by atoms with van der Waals surface area (Å²) in [5.74, 6) is -3.25. The summed E-state index contributed by atoms with van der Waals surface area (Å²) >= 11 is 0. The number of aromatic nitrogens is 1. The SMILES string of the molecule is O=C(CNC(=O)c1cc2ccccc2[nH]1)N[C@@H](C[C@@H]1CCCNC1=O)C(=O)C(=O)NC1CCCCC1. The van der Waals surface area contributed by atoms with Gasteiger partial charge in [-0.1, -0.05) is 37.5 Å². The number of carbonyl (C=O) groups is 5. The van der Waals surface area contributed by atoms with Gasteiger partial charge in [-0.2, -0.15) is 0 Å². The van der Waals surface area contributed by atoms with Gasteiger partial charge in [-0.05, 0) is 44.2 Å². The average molecular weight is 496 g/mol. The number of carbonyl (C=O) groups excluding carboxylic acids is 5. The van der Waals surface area contributed by atoms with E-state index in [0.717, 1.165) is 49.4 Å². The van der Waals surface area contributed by atoms with Crippen molar-refractivity contribution in [3.63, 3.8) is 0 Å². The fourth-order valence-electron chi connectivity index (χ4n) is 4.93. The molecule has 2 fully saturated rings. The van der Waals surface area contributed by atoms with Crippen LogP contribution in [-0.4, -0.2) is 59.6 Å². The lowest BCUT2D eigenvalue weighted by Gasteiger charge is -2.27. The van der Waals surface area contributed by atoms with E-state index in [2.05, 4.69) is 26.3 Å². The van der Waals surface area contributed by atoms with Gasteiger partial charge in [0.2, 0.25) is 17.6 Å². The molecule has 10 nitrogen and oxygen atoms in total. The summed E-state index contributed by atoms with van der Waals surface area (Å²) in [6.45, 7) is 0.196. The van der Waals surface area contributed by atoms with Crippen molar-refractivity contribution in [3.8, 4) is 0 Å². The summed E-state index contributed by atoms with van der Waals surface area (Å²) in [6, 6.07) is 7.90. The van der Waals surface area contributed by atoms with Crippen LogP contribution in [0.5, 0.6) is 0 Å². The van der Waals surface area contributed by atoms with Crippen LogP contribution in [0.3, 0.4) is 0 Å². The second kappa shape index (κ2) is 11.8. The molecular formula is C26H33N5O5. The molecule has 5 N–H and O–H groups in total. The van der Waals surface area contributed by atoms with Gasteiger partial charge < -0.3 is 26.3 Å². The molecule has 0 radical (unpaired) electrons. The maximum absolute atomic E-state index is 13.0. The minimum atomic E-state index is -1.15. The van der Waals surface area contributed by atoms with Crippen LogP contribution < -0.4 is 21.3 Å². The molecule has 192 valence electrons. The minimum absolute atomic E-state index is 0.0322. The number of aromatic amines is 1. The molecule has 1 aliphatic heterocycles. The first-order chi connectivity index (χ1) is 17.4. The molecule has 10 heteroatoms. The Balaban J connectivity index is 1.37. The Morgan fingerprint density at radius 3 is 2.53 bits per heavy atom. The molecule has 2 heterocycles. The fourth-order valence-corrected chi connectivity index (χ4v) is 4.93. The molecule has 4 rings (SSSR count). The number of benzene rings is 1. The lowest BCUT2D eigenvalue weighted by molar-refractivity contribution is -0.141.